The fraction of sp³-hybridized carbons (Fsp3) is 0.429. The van der Waals surface area contributed by atoms with Gasteiger partial charge in [0.15, 0.2) is 0 Å². The quantitative estimate of drug-likeness (QED) is 0.863. The van der Waals surface area contributed by atoms with Crippen molar-refractivity contribution in [2.45, 2.75) is 37.3 Å². The monoisotopic (exact) mass is 261 g/mol. The molecule has 0 bridgehead atoms. The first kappa shape index (κ1) is 12.2. The number of fused-ring (bicyclic) bond motifs is 3. The van der Waals surface area contributed by atoms with Gasteiger partial charge in [0, 0.05) is 18.4 Å². The number of carbonyl (C=O) groups excluding carboxylic acids is 1. The van der Waals surface area contributed by atoms with Crippen LogP contribution in [0.2, 0.25) is 0 Å². The van der Waals surface area contributed by atoms with Crippen LogP contribution in [0.25, 0.3) is 0 Å². The van der Waals surface area contributed by atoms with E-state index in [1.165, 1.54) is 0 Å². The average Bonchev–Trinajstić information content (AvgIpc) is 2.85. The minimum atomic E-state index is -0.906. The molecule has 1 aromatic carbocycles. The maximum absolute atomic E-state index is 12.1. The van der Waals surface area contributed by atoms with E-state index in [0.29, 0.717) is 12.8 Å². The zero-order chi connectivity index (χ0) is 13.6. The number of rotatable bonds is 3. The number of aliphatic carboxylic acids is 1. The number of aliphatic hydroxyl groups is 1. The van der Waals surface area contributed by atoms with Crippen molar-refractivity contribution in [3.05, 3.63) is 29.8 Å². The van der Waals surface area contributed by atoms with E-state index in [4.69, 9.17) is 5.11 Å². The van der Waals surface area contributed by atoms with Gasteiger partial charge in [0.2, 0.25) is 5.91 Å². The Morgan fingerprint density at radius 2 is 2.16 bits per heavy atom. The summed E-state index contributed by atoms with van der Waals surface area (Å²) in [6.07, 6.45) is 0.313. The number of carbonyl (C=O) groups is 2. The van der Waals surface area contributed by atoms with E-state index >= 15 is 0 Å². The highest BCUT2D eigenvalue weighted by molar-refractivity contribution is 6.00. The molecule has 0 radical (unpaired) electrons. The summed E-state index contributed by atoms with van der Waals surface area (Å²) in [4.78, 5) is 24.5. The first-order valence-corrected chi connectivity index (χ1v) is 6.38. The second kappa shape index (κ2) is 4.06. The van der Waals surface area contributed by atoms with Crippen molar-refractivity contribution in [3.8, 4) is 0 Å². The van der Waals surface area contributed by atoms with Gasteiger partial charge in [-0.1, -0.05) is 18.2 Å². The number of carboxylic acids is 1. The number of anilines is 1. The highest BCUT2D eigenvalue weighted by Crippen LogP contribution is 2.54. The molecule has 2 unspecified atom stereocenters. The second-order valence-electron chi connectivity index (χ2n) is 5.19. The Bertz CT molecular complexity index is 556. The lowest BCUT2D eigenvalue weighted by atomic mass is 9.85. The molecule has 0 aliphatic carbocycles. The third kappa shape index (κ3) is 1.58. The Hall–Kier alpha value is -1.88. The van der Waals surface area contributed by atoms with Crippen LogP contribution in [0, 0.1) is 0 Å². The van der Waals surface area contributed by atoms with E-state index in [1.54, 1.807) is 11.0 Å². The van der Waals surface area contributed by atoms with Crippen molar-refractivity contribution in [1.82, 2.24) is 0 Å². The first-order chi connectivity index (χ1) is 9.06. The molecular formula is C14H15NO4. The summed E-state index contributed by atoms with van der Waals surface area (Å²) in [6, 6.07) is 7.25. The van der Waals surface area contributed by atoms with E-state index in [1.807, 2.05) is 18.2 Å². The number of nitrogens with zero attached hydrogens (tertiary/aromatic N) is 1. The van der Waals surface area contributed by atoms with Gasteiger partial charge in [-0.25, -0.2) is 0 Å². The molecule has 1 amide bonds. The van der Waals surface area contributed by atoms with Gasteiger partial charge in [-0.2, -0.15) is 0 Å². The van der Waals surface area contributed by atoms with Crippen LogP contribution in [-0.2, 0) is 9.59 Å². The van der Waals surface area contributed by atoms with Gasteiger partial charge in [-0.3, -0.25) is 9.59 Å². The minimum Gasteiger partial charge on any atom is -0.481 e. The van der Waals surface area contributed by atoms with Crippen LogP contribution >= 0.6 is 0 Å². The average molecular weight is 261 g/mol. The van der Waals surface area contributed by atoms with Crippen molar-refractivity contribution >= 4 is 17.6 Å². The molecule has 0 saturated carbocycles. The molecule has 100 valence electrons. The highest BCUT2D eigenvalue weighted by atomic mass is 16.4. The fourth-order valence-corrected chi connectivity index (χ4v) is 3.34. The van der Waals surface area contributed by atoms with Crippen LogP contribution in [0.5, 0.6) is 0 Å². The van der Waals surface area contributed by atoms with Crippen molar-refractivity contribution in [3.63, 3.8) is 0 Å². The Kier molecular flexibility index (Phi) is 2.60. The second-order valence-corrected chi connectivity index (χ2v) is 5.19. The van der Waals surface area contributed by atoms with Gasteiger partial charge in [0.1, 0.15) is 6.10 Å². The summed E-state index contributed by atoms with van der Waals surface area (Å²) >= 11 is 0. The molecule has 1 aromatic rings. The van der Waals surface area contributed by atoms with Gasteiger partial charge < -0.3 is 15.1 Å². The van der Waals surface area contributed by atoms with Crippen LogP contribution in [-0.4, -0.2) is 27.6 Å². The molecule has 5 heteroatoms. The van der Waals surface area contributed by atoms with E-state index in [2.05, 4.69) is 0 Å². The van der Waals surface area contributed by atoms with Crippen LogP contribution in [0.4, 0.5) is 5.69 Å². The number of hydrogen-bond donors (Lipinski definition) is 2. The molecule has 2 heterocycles. The summed E-state index contributed by atoms with van der Waals surface area (Å²) in [6.45, 7) is 0. The van der Waals surface area contributed by atoms with Crippen LogP contribution in [0.15, 0.2) is 24.3 Å². The third-order valence-electron chi connectivity index (χ3n) is 4.22. The molecule has 5 nitrogen and oxygen atoms in total. The highest BCUT2D eigenvalue weighted by Gasteiger charge is 2.56. The number of hydrogen-bond acceptors (Lipinski definition) is 3. The summed E-state index contributed by atoms with van der Waals surface area (Å²) in [5.74, 6) is -0.939. The first-order valence-electron chi connectivity index (χ1n) is 6.38. The van der Waals surface area contributed by atoms with Crippen molar-refractivity contribution in [1.29, 1.82) is 0 Å². The predicted octanol–water partition coefficient (Wildman–Crippen LogP) is 1.46. The predicted molar refractivity (Wildman–Crippen MR) is 67.7 cm³/mol. The zero-order valence-electron chi connectivity index (χ0n) is 10.4. The number of amides is 1. The van der Waals surface area contributed by atoms with Crippen molar-refractivity contribution < 1.29 is 19.8 Å². The smallest absolute Gasteiger partial charge is 0.303 e. The Balaban J connectivity index is 2.04. The number of para-hydroxylation sites is 1. The Morgan fingerprint density at radius 1 is 1.42 bits per heavy atom. The van der Waals surface area contributed by atoms with Crippen molar-refractivity contribution in [2.24, 2.45) is 0 Å². The minimum absolute atomic E-state index is 0.0330. The van der Waals surface area contributed by atoms with Gasteiger partial charge in [0.05, 0.1) is 11.2 Å². The standard InChI is InChI=1S/C14H15NO4/c16-11-5-7-14(8-6-12(17)18)13(19)9-3-1-2-4-10(9)15(11)14/h1-4,13,19H,5-8H2,(H,17,18). The van der Waals surface area contributed by atoms with E-state index in [9.17, 15) is 14.7 Å². The molecule has 1 saturated heterocycles. The summed E-state index contributed by atoms with van der Waals surface area (Å²) in [7, 11) is 0. The van der Waals surface area contributed by atoms with E-state index in [-0.39, 0.29) is 18.7 Å². The maximum atomic E-state index is 12.1. The summed E-state index contributed by atoms with van der Waals surface area (Å²) < 4.78 is 0. The van der Waals surface area contributed by atoms with Crippen LogP contribution < -0.4 is 4.90 Å². The fourth-order valence-electron chi connectivity index (χ4n) is 3.34. The molecular weight excluding hydrogens is 246 g/mol. The molecule has 2 N–H and O–H groups in total. The normalized spacial score (nSPS) is 28.4. The number of aliphatic hydroxyl groups excluding tert-OH is 1. The van der Waals surface area contributed by atoms with Crippen LogP contribution in [0.1, 0.15) is 37.4 Å². The molecule has 0 spiro atoms. The van der Waals surface area contributed by atoms with Gasteiger partial charge in [-0.05, 0) is 18.9 Å². The lowest BCUT2D eigenvalue weighted by Crippen LogP contribution is -2.46. The summed E-state index contributed by atoms with van der Waals surface area (Å²) in [5, 5.41) is 19.4. The van der Waals surface area contributed by atoms with Crippen LogP contribution in [0.3, 0.4) is 0 Å². The number of carboxylic acid groups (broad SMARTS) is 1. The third-order valence-corrected chi connectivity index (χ3v) is 4.22. The van der Waals surface area contributed by atoms with Gasteiger partial charge >= 0.3 is 5.97 Å². The number of benzene rings is 1. The lowest BCUT2D eigenvalue weighted by Gasteiger charge is -2.34. The maximum Gasteiger partial charge on any atom is 0.303 e. The molecule has 1 fully saturated rings. The van der Waals surface area contributed by atoms with Gasteiger partial charge in [0.25, 0.3) is 0 Å². The zero-order valence-corrected chi connectivity index (χ0v) is 10.4. The van der Waals surface area contributed by atoms with Gasteiger partial charge in [-0.15, -0.1) is 0 Å². The summed E-state index contributed by atoms with van der Waals surface area (Å²) in [5.41, 5.74) is 0.683. The SMILES string of the molecule is O=C(O)CCC12CCC(=O)N1c1ccccc1C2O. The molecule has 3 rings (SSSR count). The molecule has 0 aromatic heterocycles. The van der Waals surface area contributed by atoms with E-state index in [0.717, 1.165) is 11.3 Å². The Labute approximate surface area is 110 Å². The topological polar surface area (TPSA) is 77.8 Å². The molecule has 2 aliphatic heterocycles. The largest absolute Gasteiger partial charge is 0.481 e. The van der Waals surface area contributed by atoms with E-state index < -0.39 is 17.6 Å². The molecule has 2 aliphatic rings. The molecule has 19 heavy (non-hydrogen) atoms. The van der Waals surface area contributed by atoms with Crippen molar-refractivity contribution in [2.75, 3.05) is 4.90 Å². The Morgan fingerprint density at radius 3 is 2.89 bits per heavy atom. The molecule has 2 atom stereocenters. The lowest BCUT2D eigenvalue weighted by molar-refractivity contribution is -0.137.